The van der Waals surface area contributed by atoms with E-state index in [9.17, 15) is 0 Å². The zero-order valence-corrected chi connectivity index (χ0v) is 9.11. The lowest BCUT2D eigenvalue weighted by Gasteiger charge is -2.12. The van der Waals surface area contributed by atoms with E-state index in [1.807, 2.05) is 12.1 Å². The van der Waals surface area contributed by atoms with Crippen LogP contribution in [0.5, 0.6) is 0 Å². The van der Waals surface area contributed by atoms with Gasteiger partial charge in [0.15, 0.2) is 0 Å². The molecule has 1 unspecified atom stereocenters. The molecule has 0 bridgehead atoms. The van der Waals surface area contributed by atoms with Crippen molar-refractivity contribution < 1.29 is 4.74 Å². The van der Waals surface area contributed by atoms with Gasteiger partial charge in [0.05, 0.1) is 6.61 Å². The van der Waals surface area contributed by atoms with Gasteiger partial charge in [0, 0.05) is 15.6 Å². The van der Waals surface area contributed by atoms with Crippen molar-refractivity contribution in [3.05, 3.63) is 33.8 Å². The van der Waals surface area contributed by atoms with E-state index in [0.717, 1.165) is 17.2 Å². The maximum absolute atomic E-state index is 6.16. The molecule has 3 rings (SSSR count). The van der Waals surface area contributed by atoms with E-state index < -0.39 is 0 Å². The van der Waals surface area contributed by atoms with Gasteiger partial charge in [-0.15, -0.1) is 0 Å². The molecule has 1 aliphatic heterocycles. The highest BCUT2D eigenvalue weighted by atomic mass is 35.5. The van der Waals surface area contributed by atoms with Crippen molar-refractivity contribution in [1.82, 2.24) is 0 Å². The van der Waals surface area contributed by atoms with Crippen LogP contribution in [-0.4, -0.2) is 6.61 Å². The van der Waals surface area contributed by atoms with Gasteiger partial charge in [-0.25, -0.2) is 0 Å². The summed E-state index contributed by atoms with van der Waals surface area (Å²) in [6.07, 6.45) is 2.53. The van der Waals surface area contributed by atoms with E-state index in [-0.39, 0.29) is 5.60 Å². The van der Waals surface area contributed by atoms with Crippen molar-refractivity contribution in [3.8, 4) is 0 Å². The fraction of sp³-hybridized carbons (Fsp3) is 0.455. The number of epoxide rings is 1. The number of rotatable bonds is 2. The van der Waals surface area contributed by atoms with Crippen molar-refractivity contribution in [2.75, 3.05) is 6.61 Å². The maximum Gasteiger partial charge on any atom is 0.121 e. The van der Waals surface area contributed by atoms with Gasteiger partial charge in [0.1, 0.15) is 5.60 Å². The van der Waals surface area contributed by atoms with E-state index in [4.69, 9.17) is 27.9 Å². The molecule has 1 heterocycles. The van der Waals surface area contributed by atoms with Crippen LogP contribution in [0.3, 0.4) is 0 Å². The summed E-state index contributed by atoms with van der Waals surface area (Å²) in [5.41, 5.74) is 1.06. The second-order valence-electron chi connectivity index (χ2n) is 4.08. The number of ether oxygens (including phenoxy) is 1. The first kappa shape index (κ1) is 9.02. The fourth-order valence-electron chi connectivity index (χ4n) is 2.07. The molecule has 1 nitrogen and oxygen atoms in total. The summed E-state index contributed by atoms with van der Waals surface area (Å²) in [6.45, 7) is 0.818. The standard InChI is InChI=1S/C11H10Cl2O/c12-8-3-4-9(10(13)5-8)11(6-14-11)7-1-2-7/h3-5,7H,1-2,6H2. The van der Waals surface area contributed by atoms with Crippen molar-refractivity contribution in [3.63, 3.8) is 0 Å². The number of halogens is 2. The zero-order chi connectivity index (χ0) is 9.76. The second-order valence-corrected chi connectivity index (χ2v) is 4.92. The van der Waals surface area contributed by atoms with Gasteiger partial charge in [-0.05, 0) is 30.9 Å². The molecule has 1 saturated heterocycles. The number of benzene rings is 1. The van der Waals surface area contributed by atoms with Crippen LogP contribution in [0, 0.1) is 5.92 Å². The summed E-state index contributed by atoms with van der Waals surface area (Å²) < 4.78 is 5.60. The highest BCUT2D eigenvalue weighted by Crippen LogP contribution is 2.57. The first-order chi connectivity index (χ1) is 6.72. The minimum absolute atomic E-state index is 0.0539. The van der Waals surface area contributed by atoms with Crippen molar-refractivity contribution in [1.29, 1.82) is 0 Å². The molecule has 0 spiro atoms. The predicted molar refractivity (Wildman–Crippen MR) is 56.8 cm³/mol. The van der Waals surface area contributed by atoms with Gasteiger partial charge >= 0.3 is 0 Å². The Bertz CT molecular complexity index is 381. The largest absolute Gasteiger partial charge is 0.364 e. The summed E-state index contributed by atoms with van der Waals surface area (Å²) in [7, 11) is 0. The van der Waals surface area contributed by atoms with Crippen LogP contribution in [0.15, 0.2) is 18.2 Å². The fourth-order valence-corrected chi connectivity index (χ4v) is 2.64. The quantitative estimate of drug-likeness (QED) is 0.705. The molecule has 14 heavy (non-hydrogen) atoms. The van der Waals surface area contributed by atoms with Gasteiger partial charge in [-0.2, -0.15) is 0 Å². The van der Waals surface area contributed by atoms with Gasteiger partial charge < -0.3 is 4.74 Å². The highest BCUT2D eigenvalue weighted by molar-refractivity contribution is 6.35. The van der Waals surface area contributed by atoms with Crippen LogP contribution in [0.4, 0.5) is 0 Å². The van der Waals surface area contributed by atoms with Crippen LogP contribution in [-0.2, 0) is 10.3 Å². The van der Waals surface area contributed by atoms with Gasteiger partial charge in [-0.3, -0.25) is 0 Å². The molecular weight excluding hydrogens is 219 g/mol. The van der Waals surface area contributed by atoms with E-state index in [2.05, 4.69) is 0 Å². The highest BCUT2D eigenvalue weighted by Gasteiger charge is 2.58. The van der Waals surface area contributed by atoms with Crippen LogP contribution in [0.1, 0.15) is 18.4 Å². The van der Waals surface area contributed by atoms with Gasteiger partial charge in [0.25, 0.3) is 0 Å². The average molecular weight is 229 g/mol. The van der Waals surface area contributed by atoms with E-state index in [1.165, 1.54) is 12.8 Å². The lowest BCUT2D eigenvalue weighted by atomic mass is 9.95. The molecule has 2 fully saturated rings. The molecule has 0 N–H and O–H groups in total. The maximum atomic E-state index is 6.16. The molecule has 0 amide bonds. The molecular formula is C11H10Cl2O. The topological polar surface area (TPSA) is 12.5 Å². The SMILES string of the molecule is Clc1ccc(C2(C3CC3)CO2)c(Cl)c1. The Morgan fingerprint density at radius 2 is 2.00 bits per heavy atom. The molecule has 1 aromatic rings. The third-order valence-corrected chi connectivity index (χ3v) is 3.63. The first-order valence-corrected chi connectivity index (χ1v) is 5.57. The smallest absolute Gasteiger partial charge is 0.121 e. The number of hydrogen-bond donors (Lipinski definition) is 0. The minimum atomic E-state index is -0.0539. The average Bonchev–Trinajstić information content (AvgIpc) is 2.99. The van der Waals surface area contributed by atoms with Crippen molar-refractivity contribution >= 4 is 23.2 Å². The second kappa shape index (κ2) is 2.88. The molecule has 1 saturated carbocycles. The first-order valence-electron chi connectivity index (χ1n) is 4.82. The van der Waals surface area contributed by atoms with Crippen molar-refractivity contribution in [2.45, 2.75) is 18.4 Å². The molecule has 0 radical (unpaired) electrons. The molecule has 2 aliphatic rings. The Labute approximate surface area is 93.0 Å². The van der Waals surface area contributed by atoms with Gasteiger partial charge in [0.2, 0.25) is 0 Å². The number of hydrogen-bond acceptors (Lipinski definition) is 1. The Balaban J connectivity index is 2.03. The lowest BCUT2D eigenvalue weighted by molar-refractivity contribution is 0.278. The summed E-state index contributed by atoms with van der Waals surface area (Å²) >= 11 is 12.0. The summed E-state index contributed by atoms with van der Waals surface area (Å²) in [5.74, 6) is 0.682. The molecule has 74 valence electrons. The summed E-state index contributed by atoms with van der Waals surface area (Å²) in [5, 5.41) is 1.42. The summed E-state index contributed by atoms with van der Waals surface area (Å²) in [4.78, 5) is 0. The Kier molecular flexibility index (Phi) is 1.85. The van der Waals surface area contributed by atoms with Crippen LogP contribution >= 0.6 is 23.2 Å². The Morgan fingerprint density at radius 1 is 1.29 bits per heavy atom. The predicted octanol–water partition coefficient (Wildman–Crippen LogP) is 3.63. The molecule has 0 aromatic heterocycles. The Hall–Kier alpha value is -0.240. The third kappa shape index (κ3) is 1.27. The minimum Gasteiger partial charge on any atom is -0.364 e. The molecule has 1 aliphatic carbocycles. The Morgan fingerprint density at radius 3 is 2.50 bits per heavy atom. The third-order valence-electron chi connectivity index (χ3n) is 3.08. The monoisotopic (exact) mass is 228 g/mol. The lowest BCUT2D eigenvalue weighted by Crippen LogP contribution is -2.11. The molecule has 3 heteroatoms. The normalized spacial score (nSPS) is 30.4. The van der Waals surface area contributed by atoms with E-state index in [1.54, 1.807) is 6.07 Å². The van der Waals surface area contributed by atoms with E-state index in [0.29, 0.717) is 10.9 Å². The summed E-state index contributed by atoms with van der Waals surface area (Å²) in [6, 6.07) is 5.68. The molecule has 1 aromatic carbocycles. The molecule has 1 atom stereocenters. The van der Waals surface area contributed by atoms with Crippen LogP contribution in [0.2, 0.25) is 10.0 Å². The van der Waals surface area contributed by atoms with Crippen LogP contribution in [0.25, 0.3) is 0 Å². The van der Waals surface area contributed by atoms with Gasteiger partial charge in [-0.1, -0.05) is 29.3 Å². The van der Waals surface area contributed by atoms with Crippen molar-refractivity contribution in [2.24, 2.45) is 5.92 Å². The van der Waals surface area contributed by atoms with E-state index >= 15 is 0 Å². The zero-order valence-electron chi connectivity index (χ0n) is 7.59. The van der Waals surface area contributed by atoms with Crippen LogP contribution < -0.4 is 0 Å².